The molecular weight excluding hydrogens is 410 g/mol. The van der Waals surface area contributed by atoms with E-state index in [1.807, 2.05) is 19.2 Å². The van der Waals surface area contributed by atoms with Crippen molar-refractivity contribution < 1.29 is 9.13 Å². The molecule has 1 N–H and O–H groups in total. The lowest BCUT2D eigenvalue weighted by atomic mass is 10.2. The van der Waals surface area contributed by atoms with Crippen molar-refractivity contribution in [3.8, 4) is 11.6 Å². The molecule has 0 atom stereocenters. The maximum absolute atomic E-state index is 13.2. The van der Waals surface area contributed by atoms with Crippen LogP contribution in [0.15, 0.2) is 47.6 Å². The van der Waals surface area contributed by atoms with Crippen LogP contribution in [0.5, 0.6) is 11.6 Å². The Balaban J connectivity index is 0.00000192. The smallest absolute Gasteiger partial charge is 0.224 e. The first-order valence-electron chi connectivity index (χ1n) is 7.09. The number of aliphatic imine (C=N–C) groups is 1. The number of aromatic nitrogens is 1. The largest absolute Gasteiger partial charge is 0.439 e. The van der Waals surface area contributed by atoms with Crippen molar-refractivity contribution in [2.75, 3.05) is 20.1 Å². The molecule has 0 aliphatic carbocycles. The van der Waals surface area contributed by atoms with Gasteiger partial charge in [-0.2, -0.15) is 0 Å². The summed E-state index contributed by atoms with van der Waals surface area (Å²) in [5.74, 6) is 1.41. The highest BCUT2D eigenvalue weighted by molar-refractivity contribution is 14.0. The number of halogens is 2. The number of rotatable bonds is 4. The Kier molecular flexibility index (Phi) is 6.14. The maximum atomic E-state index is 13.2. The summed E-state index contributed by atoms with van der Waals surface area (Å²) in [4.78, 5) is 10.7. The standard InChI is InChI=1S/C16H17FN4O.HI/c1-21-9-8-19-16(21)20-11-12-4-3-7-18-15(12)22-14-6-2-5-13(17)10-14;/h2-7,10H,8-9,11H2,1H3,(H,19,20);1H. The summed E-state index contributed by atoms with van der Waals surface area (Å²) < 4.78 is 18.9. The van der Waals surface area contributed by atoms with Crippen molar-refractivity contribution in [3.05, 3.63) is 54.0 Å². The fourth-order valence-electron chi connectivity index (χ4n) is 2.19. The van der Waals surface area contributed by atoms with Gasteiger partial charge >= 0.3 is 0 Å². The monoisotopic (exact) mass is 428 g/mol. The molecule has 1 aliphatic rings. The number of likely N-dealkylation sites (N-methyl/N-ethyl adjacent to an activating group) is 1. The number of benzene rings is 1. The van der Waals surface area contributed by atoms with Gasteiger partial charge in [0.1, 0.15) is 11.6 Å². The van der Waals surface area contributed by atoms with E-state index >= 15 is 0 Å². The van der Waals surface area contributed by atoms with Crippen molar-refractivity contribution in [2.24, 2.45) is 4.99 Å². The number of hydrogen-bond donors (Lipinski definition) is 1. The van der Waals surface area contributed by atoms with Gasteiger partial charge in [0.2, 0.25) is 5.88 Å². The molecule has 0 bridgehead atoms. The molecule has 5 nitrogen and oxygen atoms in total. The summed E-state index contributed by atoms with van der Waals surface area (Å²) in [6, 6.07) is 9.78. The van der Waals surface area contributed by atoms with Crippen LogP contribution in [0.3, 0.4) is 0 Å². The summed E-state index contributed by atoms with van der Waals surface area (Å²) >= 11 is 0. The molecule has 1 aliphatic heterocycles. The Morgan fingerprint density at radius 3 is 2.91 bits per heavy atom. The van der Waals surface area contributed by atoms with Crippen LogP contribution < -0.4 is 10.1 Å². The topological polar surface area (TPSA) is 49.8 Å². The molecule has 1 aromatic heterocycles. The molecule has 2 heterocycles. The lowest BCUT2D eigenvalue weighted by molar-refractivity contribution is 0.450. The lowest BCUT2D eigenvalue weighted by Gasteiger charge is -2.16. The van der Waals surface area contributed by atoms with Crippen LogP contribution >= 0.6 is 24.0 Å². The first-order valence-corrected chi connectivity index (χ1v) is 7.09. The molecule has 1 aromatic carbocycles. The minimum atomic E-state index is -0.338. The first kappa shape index (κ1) is 17.5. The number of nitrogens with one attached hydrogen (secondary N) is 1. The van der Waals surface area contributed by atoms with Crippen molar-refractivity contribution in [2.45, 2.75) is 6.54 Å². The molecule has 0 spiro atoms. The zero-order chi connectivity index (χ0) is 15.4. The highest BCUT2D eigenvalue weighted by Gasteiger charge is 2.13. The third kappa shape index (κ3) is 4.54. The number of hydrogen-bond acceptors (Lipinski definition) is 5. The number of nitrogens with zero attached hydrogens (tertiary/aromatic N) is 3. The van der Waals surface area contributed by atoms with Crippen LogP contribution in [0.1, 0.15) is 5.56 Å². The predicted molar refractivity (Wildman–Crippen MR) is 97.9 cm³/mol. The number of guanidine groups is 1. The summed E-state index contributed by atoms with van der Waals surface area (Å²) in [5, 5.41) is 3.27. The first-order chi connectivity index (χ1) is 10.7. The Bertz CT molecular complexity index is 695. The van der Waals surface area contributed by atoms with Crippen LogP contribution in [-0.2, 0) is 6.54 Å². The zero-order valence-corrected chi connectivity index (χ0v) is 15.0. The summed E-state index contributed by atoms with van der Waals surface area (Å²) in [6.07, 6.45) is 1.65. The zero-order valence-electron chi connectivity index (χ0n) is 12.7. The Hall–Kier alpha value is -1.90. The molecule has 23 heavy (non-hydrogen) atoms. The van der Waals surface area contributed by atoms with Crippen molar-refractivity contribution >= 4 is 29.9 Å². The molecule has 0 saturated carbocycles. The van der Waals surface area contributed by atoms with Gasteiger partial charge in [-0.3, -0.25) is 4.99 Å². The van der Waals surface area contributed by atoms with Gasteiger partial charge < -0.3 is 15.0 Å². The quantitative estimate of drug-likeness (QED) is 0.761. The molecule has 7 heteroatoms. The third-order valence-corrected chi connectivity index (χ3v) is 3.36. The van der Waals surface area contributed by atoms with E-state index in [2.05, 4.69) is 20.2 Å². The fraction of sp³-hybridized carbons (Fsp3) is 0.250. The summed E-state index contributed by atoms with van der Waals surface area (Å²) in [6.45, 7) is 2.27. The second-order valence-corrected chi connectivity index (χ2v) is 5.01. The van der Waals surface area contributed by atoms with Gasteiger partial charge in [-0.25, -0.2) is 9.37 Å². The Morgan fingerprint density at radius 2 is 2.17 bits per heavy atom. The lowest BCUT2D eigenvalue weighted by Crippen LogP contribution is -2.35. The highest BCUT2D eigenvalue weighted by atomic mass is 127. The second kappa shape index (κ2) is 8.09. The Morgan fingerprint density at radius 1 is 1.30 bits per heavy atom. The average molecular weight is 428 g/mol. The van der Waals surface area contributed by atoms with E-state index in [1.54, 1.807) is 18.3 Å². The van der Waals surface area contributed by atoms with E-state index in [0.717, 1.165) is 24.6 Å². The van der Waals surface area contributed by atoms with Gasteiger partial charge in [0.15, 0.2) is 5.96 Å². The molecular formula is C16H18FIN4O. The van der Waals surface area contributed by atoms with Gasteiger partial charge in [0.25, 0.3) is 0 Å². The fourth-order valence-corrected chi connectivity index (χ4v) is 2.19. The van der Waals surface area contributed by atoms with Crippen LogP contribution in [0.2, 0.25) is 0 Å². The van der Waals surface area contributed by atoms with E-state index in [0.29, 0.717) is 18.2 Å². The van der Waals surface area contributed by atoms with Crippen molar-refractivity contribution in [1.29, 1.82) is 0 Å². The number of ether oxygens (including phenoxy) is 1. The summed E-state index contributed by atoms with van der Waals surface area (Å²) in [7, 11) is 1.99. The van der Waals surface area contributed by atoms with E-state index in [-0.39, 0.29) is 29.8 Å². The normalized spacial score (nSPS) is 13.3. The molecule has 3 rings (SSSR count). The average Bonchev–Trinajstić information content (AvgIpc) is 2.92. The molecule has 122 valence electrons. The number of pyridine rings is 1. The van der Waals surface area contributed by atoms with E-state index in [9.17, 15) is 4.39 Å². The van der Waals surface area contributed by atoms with Crippen LogP contribution in [0.25, 0.3) is 0 Å². The maximum Gasteiger partial charge on any atom is 0.224 e. The molecule has 0 unspecified atom stereocenters. The van der Waals surface area contributed by atoms with Crippen LogP contribution in [0, 0.1) is 5.82 Å². The van der Waals surface area contributed by atoms with Crippen molar-refractivity contribution in [1.82, 2.24) is 15.2 Å². The minimum absolute atomic E-state index is 0. The van der Waals surface area contributed by atoms with Crippen LogP contribution in [0.4, 0.5) is 4.39 Å². The van der Waals surface area contributed by atoms with E-state index in [4.69, 9.17) is 4.74 Å². The summed E-state index contributed by atoms with van der Waals surface area (Å²) in [5.41, 5.74) is 0.884. The van der Waals surface area contributed by atoms with Gasteiger partial charge in [-0.05, 0) is 18.2 Å². The van der Waals surface area contributed by atoms with Crippen molar-refractivity contribution in [3.63, 3.8) is 0 Å². The molecule has 0 radical (unpaired) electrons. The van der Waals surface area contributed by atoms with E-state index < -0.39 is 0 Å². The third-order valence-electron chi connectivity index (χ3n) is 3.36. The van der Waals surface area contributed by atoms with Gasteiger partial charge in [0, 0.05) is 38.0 Å². The van der Waals surface area contributed by atoms with Gasteiger partial charge in [0.05, 0.1) is 6.54 Å². The predicted octanol–water partition coefficient (Wildman–Crippen LogP) is 3.02. The molecule has 0 fully saturated rings. The van der Waals surface area contributed by atoms with Gasteiger partial charge in [-0.15, -0.1) is 24.0 Å². The van der Waals surface area contributed by atoms with E-state index in [1.165, 1.54) is 12.1 Å². The SMILES string of the molecule is CN1CCN=C1NCc1cccnc1Oc1cccc(F)c1.I. The van der Waals surface area contributed by atoms with Gasteiger partial charge in [-0.1, -0.05) is 12.1 Å². The van der Waals surface area contributed by atoms with Crippen LogP contribution in [-0.4, -0.2) is 36.0 Å². The molecule has 0 amide bonds. The molecule has 0 saturated heterocycles. The Labute approximate surface area is 151 Å². The second-order valence-electron chi connectivity index (χ2n) is 5.01. The highest BCUT2D eigenvalue weighted by Crippen LogP contribution is 2.23. The minimum Gasteiger partial charge on any atom is -0.439 e. The molecule has 2 aromatic rings.